The van der Waals surface area contributed by atoms with Crippen molar-refractivity contribution in [1.29, 1.82) is 0 Å². The van der Waals surface area contributed by atoms with Gasteiger partial charge in [-0.3, -0.25) is 9.59 Å². The molecular formula is C25H26N4O4. The number of fused-ring (bicyclic) bond motifs is 1. The zero-order valence-corrected chi connectivity index (χ0v) is 19.1. The first-order valence-electron chi connectivity index (χ1n) is 10.6. The van der Waals surface area contributed by atoms with Crippen LogP contribution in [-0.4, -0.2) is 40.9 Å². The quantitative estimate of drug-likeness (QED) is 0.471. The summed E-state index contributed by atoms with van der Waals surface area (Å²) in [5.74, 6) is 0.544. The lowest BCUT2D eigenvalue weighted by molar-refractivity contribution is 0.0948. The molecule has 0 atom stereocenters. The Hall–Kier alpha value is -4.07. The van der Waals surface area contributed by atoms with Crippen LogP contribution in [0.3, 0.4) is 0 Å². The number of carbonyl (C=O) groups excluding carboxylic acids is 1. The molecule has 1 N–H and O–H groups in total. The molecule has 0 aliphatic rings. The molecule has 0 saturated heterocycles. The molecule has 0 aliphatic carbocycles. The van der Waals surface area contributed by atoms with Gasteiger partial charge < -0.3 is 19.4 Å². The first-order chi connectivity index (χ1) is 15.9. The average Bonchev–Trinajstić information content (AvgIpc) is 3.26. The molecule has 170 valence electrons. The normalized spacial score (nSPS) is 10.9. The second-order valence-electron chi connectivity index (χ2n) is 7.77. The first kappa shape index (κ1) is 22.1. The number of rotatable bonds is 7. The Morgan fingerprint density at radius 2 is 1.88 bits per heavy atom. The fourth-order valence-corrected chi connectivity index (χ4v) is 3.80. The van der Waals surface area contributed by atoms with E-state index < -0.39 is 0 Å². The van der Waals surface area contributed by atoms with Crippen LogP contribution in [0, 0.1) is 13.8 Å². The summed E-state index contributed by atoms with van der Waals surface area (Å²) in [6.07, 6.45) is 3.42. The van der Waals surface area contributed by atoms with Crippen LogP contribution >= 0.6 is 0 Å². The van der Waals surface area contributed by atoms with E-state index >= 15 is 0 Å². The summed E-state index contributed by atoms with van der Waals surface area (Å²) < 4.78 is 13.7. The molecule has 2 heterocycles. The van der Waals surface area contributed by atoms with E-state index in [0.717, 1.165) is 22.4 Å². The van der Waals surface area contributed by atoms with Crippen molar-refractivity contribution in [2.75, 3.05) is 20.8 Å². The SMILES string of the molecule is COc1cccc(C(=O)NCCn2ccn3nc(-c4cc(C)ccc4C)cc3c2=O)c1OC. The molecule has 8 heteroatoms. The number of methoxy groups -OCH3 is 2. The first-order valence-corrected chi connectivity index (χ1v) is 10.6. The lowest BCUT2D eigenvalue weighted by atomic mass is 10.0. The Morgan fingerprint density at radius 3 is 2.64 bits per heavy atom. The molecule has 0 spiro atoms. The van der Waals surface area contributed by atoms with Crippen LogP contribution in [0.1, 0.15) is 21.5 Å². The van der Waals surface area contributed by atoms with Crippen molar-refractivity contribution in [1.82, 2.24) is 19.5 Å². The third-order valence-corrected chi connectivity index (χ3v) is 5.56. The van der Waals surface area contributed by atoms with E-state index in [1.165, 1.54) is 14.2 Å². The number of ether oxygens (including phenoxy) is 2. The van der Waals surface area contributed by atoms with Gasteiger partial charge >= 0.3 is 0 Å². The molecule has 4 aromatic rings. The van der Waals surface area contributed by atoms with Crippen molar-refractivity contribution >= 4 is 11.4 Å². The summed E-state index contributed by atoms with van der Waals surface area (Å²) in [5, 5.41) is 7.42. The summed E-state index contributed by atoms with van der Waals surface area (Å²) in [4.78, 5) is 25.7. The number of amides is 1. The van der Waals surface area contributed by atoms with Gasteiger partial charge in [-0.25, -0.2) is 4.52 Å². The number of nitrogens with one attached hydrogen (secondary N) is 1. The fourth-order valence-electron chi connectivity index (χ4n) is 3.80. The van der Waals surface area contributed by atoms with Gasteiger partial charge in [0.1, 0.15) is 5.52 Å². The van der Waals surface area contributed by atoms with Crippen LogP contribution < -0.4 is 20.3 Å². The topological polar surface area (TPSA) is 86.9 Å². The Labute approximate surface area is 191 Å². The Morgan fingerprint density at radius 1 is 1.06 bits per heavy atom. The van der Waals surface area contributed by atoms with E-state index in [2.05, 4.69) is 22.5 Å². The van der Waals surface area contributed by atoms with E-state index in [9.17, 15) is 9.59 Å². The monoisotopic (exact) mass is 446 g/mol. The highest BCUT2D eigenvalue weighted by Gasteiger charge is 2.16. The Kier molecular flexibility index (Phi) is 6.17. The number of aryl methyl sites for hydroxylation is 2. The Balaban J connectivity index is 1.52. The molecular weight excluding hydrogens is 420 g/mol. The number of para-hydroxylation sites is 1. The second-order valence-corrected chi connectivity index (χ2v) is 7.77. The van der Waals surface area contributed by atoms with Crippen LogP contribution in [-0.2, 0) is 6.54 Å². The Bertz CT molecular complexity index is 1390. The van der Waals surface area contributed by atoms with Crippen molar-refractivity contribution in [2.45, 2.75) is 20.4 Å². The van der Waals surface area contributed by atoms with Crippen LogP contribution in [0.4, 0.5) is 0 Å². The van der Waals surface area contributed by atoms with Gasteiger partial charge in [0.25, 0.3) is 11.5 Å². The number of hydrogen-bond acceptors (Lipinski definition) is 5. The summed E-state index contributed by atoms with van der Waals surface area (Å²) in [6.45, 7) is 4.64. The molecule has 33 heavy (non-hydrogen) atoms. The molecule has 0 aliphatic heterocycles. The predicted molar refractivity (Wildman–Crippen MR) is 126 cm³/mol. The molecule has 4 rings (SSSR count). The minimum atomic E-state index is -0.304. The number of hydrogen-bond donors (Lipinski definition) is 1. The van der Waals surface area contributed by atoms with Crippen LogP contribution in [0.2, 0.25) is 0 Å². The lowest BCUT2D eigenvalue weighted by Crippen LogP contribution is -2.31. The highest BCUT2D eigenvalue weighted by Crippen LogP contribution is 2.30. The maximum absolute atomic E-state index is 13.0. The highest BCUT2D eigenvalue weighted by molar-refractivity contribution is 5.97. The molecule has 0 fully saturated rings. The summed E-state index contributed by atoms with van der Waals surface area (Å²) in [6, 6.07) is 13.1. The van der Waals surface area contributed by atoms with E-state index in [4.69, 9.17) is 9.47 Å². The van der Waals surface area contributed by atoms with Crippen molar-refractivity contribution < 1.29 is 14.3 Å². The molecule has 1 amide bonds. The van der Waals surface area contributed by atoms with E-state index in [-0.39, 0.29) is 18.0 Å². The van der Waals surface area contributed by atoms with Crippen molar-refractivity contribution in [3.63, 3.8) is 0 Å². The smallest absolute Gasteiger partial charge is 0.276 e. The molecule has 2 aromatic heterocycles. The van der Waals surface area contributed by atoms with Crippen molar-refractivity contribution in [3.8, 4) is 22.8 Å². The van der Waals surface area contributed by atoms with Gasteiger partial charge in [-0.15, -0.1) is 0 Å². The minimum Gasteiger partial charge on any atom is -0.493 e. The van der Waals surface area contributed by atoms with Gasteiger partial charge in [0.15, 0.2) is 11.5 Å². The lowest BCUT2D eigenvalue weighted by Gasteiger charge is -2.13. The van der Waals surface area contributed by atoms with E-state index in [0.29, 0.717) is 29.1 Å². The van der Waals surface area contributed by atoms with Gasteiger partial charge in [-0.2, -0.15) is 5.10 Å². The number of nitrogens with zero attached hydrogens (tertiary/aromatic N) is 3. The van der Waals surface area contributed by atoms with Crippen LogP contribution in [0.25, 0.3) is 16.8 Å². The van der Waals surface area contributed by atoms with Gasteiger partial charge in [-0.1, -0.05) is 23.8 Å². The number of benzene rings is 2. The zero-order chi connectivity index (χ0) is 23.5. The summed E-state index contributed by atoms with van der Waals surface area (Å²) >= 11 is 0. The maximum Gasteiger partial charge on any atom is 0.276 e. The average molecular weight is 447 g/mol. The van der Waals surface area contributed by atoms with E-state index in [1.54, 1.807) is 45.7 Å². The van der Waals surface area contributed by atoms with Crippen LogP contribution in [0.5, 0.6) is 11.5 Å². The second kappa shape index (κ2) is 9.20. The maximum atomic E-state index is 13.0. The standard InChI is InChI=1S/C25H26N4O4/c1-16-8-9-17(2)19(14-16)20-15-21-25(31)28(12-13-29(21)27-20)11-10-26-24(30)18-6-5-7-22(32-3)23(18)33-4/h5-9,12-15H,10-11H2,1-4H3,(H,26,30). The summed E-state index contributed by atoms with van der Waals surface area (Å²) in [5.41, 5.74) is 4.67. The molecule has 2 aromatic carbocycles. The molecule has 0 radical (unpaired) electrons. The van der Waals surface area contributed by atoms with Crippen molar-refractivity contribution in [3.05, 3.63) is 81.9 Å². The van der Waals surface area contributed by atoms with Crippen LogP contribution in [0.15, 0.2) is 59.7 Å². The largest absolute Gasteiger partial charge is 0.493 e. The van der Waals surface area contributed by atoms with Gasteiger partial charge in [0.2, 0.25) is 0 Å². The molecule has 8 nitrogen and oxygen atoms in total. The summed E-state index contributed by atoms with van der Waals surface area (Å²) in [7, 11) is 3.01. The number of aromatic nitrogens is 3. The van der Waals surface area contributed by atoms with E-state index in [1.807, 2.05) is 19.9 Å². The minimum absolute atomic E-state index is 0.172. The zero-order valence-electron chi connectivity index (χ0n) is 19.1. The van der Waals surface area contributed by atoms with Gasteiger partial charge in [-0.05, 0) is 43.7 Å². The highest BCUT2D eigenvalue weighted by atomic mass is 16.5. The molecule has 0 bridgehead atoms. The van der Waals surface area contributed by atoms with Gasteiger partial charge in [0.05, 0.1) is 25.5 Å². The molecule has 0 unspecified atom stereocenters. The fraction of sp³-hybridized carbons (Fsp3) is 0.240. The number of carbonyl (C=O) groups is 1. The third kappa shape index (κ3) is 4.32. The third-order valence-electron chi connectivity index (χ3n) is 5.56. The van der Waals surface area contributed by atoms with Gasteiger partial charge in [0, 0.05) is 31.0 Å². The van der Waals surface area contributed by atoms with Crippen molar-refractivity contribution in [2.24, 2.45) is 0 Å². The molecule has 0 saturated carbocycles. The predicted octanol–water partition coefficient (Wildman–Crippen LogP) is 3.23.